The van der Waals surface area contributed by atoms with Gasteiger partial charge in [0.2, 0.25) is 5.95 Å². The number of ether oxygens (including phenoxy) is 2. The Bertz CT molecular complexity index is 1890. The molecule has 278 valence electrons. The first-order valence-electron chi connectivity index (χ1n) is 18.1. The van der Waals surface area contributed by atoms with Crippen LogP contribution in [-0.2, 0) is 15.7 Å². The van der Waals surface area contributed by atoms with Crippen LogP contribution < -0.4 is 25.6 Å². The van der Waals surface area contributed by atoms with Gasteiger partial charge in [0.25, 0.3) is 0 Å². The molecule has 6 rings (SSSR count). The third-order valence-electron chi connectivity index (χ3n) is 9.57. The predicted molar refractivity (Wildman–Crippen MR) is 208 cm³/mol. The van der Waals surface area contributed by atoms with E-state index in [1.165, 1.54) is 11.3 Å². The highest BCUT2D eigenvalue weighted by Crippen LogP contribution is 2.40. The van der Waals surface area contributed by atoms with Gasteiger partial charge in [0.15, 0.2) is 5.82 Å². The molecule has 2 fully saturated rings. The molecule has 0 unspecified atom stereocenters. The lowest BCUT2D eigenvalue weighted by molar-refractivity contribution is 0.00901. The molecule has 2 aliphatic rings. The van der Waals surface area contributed by atoms with Crippen LogP contribution in [0.3, 0.4) is 0 Å². The van der Waals surface area contributed by atoms with Crippen molar-refractivity contribution in [1.29, 1.82) is 0 Å². The molecule has 0 saturated carbocycles. The van der Waals surface area contributed by atoms with E-state index in [0.29, 0.717) is 42.3 Å². The summed E-state index contributed by atoms with van der Waals surface area (Å²) in [7, 11) is -0.898. The zero-order valence-corrected chi connectivity index (χ0v) is 32.3. The Labute approximate surface area is 307 Å². The summed E-state index contributed by atoms with van der Waals surface area (Å²) in [6, 6.07) is 14.2. The van der Waals surface area contributed by atoms with Crippen molar-refractivity contribution in [1.82, 2.24) is 29.5 Å². The van der Waals surface area contributed by atoms with Crippen molar-refractivity contribution >= 4 is 47.4 Å². The molecular formula is C38H52N9O4P. The van der Waals surface area contributed by atoms with Gasteiger partial charge in [-0.1, -0.05) is 19.1 Å². The van der Waals surface area contributed by atoms with Gasteiger partial charge >= 0.3 is 6.09 Å². The minimum Gasteiger partial charge on any atom is -0.494 e. The zero-order chi connectivity index (χ0) is 37.0. The monoisotopic (exact) mass is 729 g/mol. The second-order valence-electron chi connectivity index (χ2n) is 14.8. The molecule has 52 heavy (non-hydrogen) atoms. The van der Waals surface area contributed by atoms with Crippen LogP contribution in [0.25, 0.3) is 5.69 Å². The first-order valence-corrected chi connectivity index (χ1v) is 20.7. The van der Waals surface area contributed by atoms with Crippen molar-refractivity contribution in [2.24, 2.45) is 0 Å². The Kier molecular flexibility index (Phi) is 11.1. The van der Waals surface area contributed by atoms with Crippen LogP contribution in [0.15, 0.2) is 61.1 Å². The van der Waals surface area contributed by atoms with Crippen LogP contribution in [0, 0.1) is 0 Å². The maximum absolute atomic E-state index is 13.1. The number of amides is 1. The summed E-state index contributed by atoms with van der Waals surface area (Å²) in [6.07, 6.45) is 7.98. The van der Waals surface area contributed by atoms with E-state index in [4.69, 9.17) is 14.5 Å². The van der Waals surface area contributed by atoms with Crippen molar-refractivity contribution < 1.29 is 18.8 Å². The van der Waals surface area contributed by atoms with Crippen LogP contribution in [-0.4, -0.2) is 107 Å². The Balaban J connectivity index is 1.17. The molecule has 2 saturated heterocycles. The van der Waals surface area contributed by atoms with Crippen molar-refractivity contribution in [3.05, 3.63) is 66.6 Å². The Morgan fingerprint density at radius 3 is 2.33 bits per heavy atom. The lowest BCUT2D eigenvalue weighted by Gasteiger charge is -2.43. The molecule has 1 amide bonds. The van der Waals surface area contributed by atoms with Crippen LogP contribution in [0.1, 0.15) is 46.1 Å². The third-order valence-corrected chi connectivity index (χ3v) is 11.1. The van der Waals surface area contributed by atoms with Gasteiger partial charge in [-0.05, 0) is 83.2 Å². The molecule has 0 bridgehead atoms. The maximum Gasteiger partial charge on any atom is 0.410 e. The molecule has 13 nitrogen and oxygen atoms in total. The Morgan fingerprint density at radius 1 is 0.962 bits per heavy atom. The minimum absolute atomic E-state index is 0.220. The molecule has 2 aromatic heterocycles. The van der Waals surface area contributed by atoms with E-state index in [9.17, 15) is 9.36 Å². The minimum atomic E-state index is -2.58. The number of hydrogen-bond donors (Lipinski definition) is 2. The summed E-state index contributed by atoms with van der Waals surface area (Å²) < 4.78 is 26.4. The number of para-hydroxylation sites is 1. The number of benzene rings is 2. The maximum atomic E-state index is 13.1. The summed E-state index contributed by atoms with van der Waals surface area (Å²) in [5.74, 6) is 1.60. The number of hydrogen-bond acceptors (Lipinski definition) is 11. The van der Waals surface area contributed by atoms with Crippen LogP contribution >= 0.6 is 7.14 Å². The zero-order valence-electron chi connectivity index (χ0n) is 31.4. The molecule has 0 radical (unpaired) electrons. The molecule has 14 heteroatoms. The number of anilines is 5. The number of rotatable bonds is 10. The normalized spacial score (nSPS) is 16.1. The highest BCUT2D eigenvalue weighted by Gasteiger charge is 2.31. The van der Waals surface area contributed by atoms with Gasteiger partial charge in [0.1, 0.15) is 24.2 Å². The number of nitrogens with one attached hydrogen (secondary N) is 2. The molecule has 0 aliphatic carbocycles. The number of methoxy groups -OCH3 is 1. The molecule has 4 heterocycles. The van der Waals surface area contributed by atoms with Gasteiger partial charge < -0.3 is 34.5 Å². The Hall–Kier alpha value is -4.61. The van der Waals surface area contributed by atoms with Gasteiger partial charge in [-0.3, -0.25) is 4.90 Å². The quantitative estimate of drug-likeness (QED) is 0.174. The average molecular weight is 730 g/mol. The first kappa shape index (κ1) is 37.2. The number of aromatic nitrogens is 4. The fourth-order valence-electron chi connectivity index (χ4n) is 6.93. The molecule has 2 N–H and O–H groups in total. The lowest BCUT2D eigenvalue weighted by Crippen LogP contribution is -2.55. The average Bonchev–Trinajstić information content (AvgIpc) is 3.66. The lowest BCUT2D eigenvalue weighted by atomic mass is 9.99. The number of piperidine rings is 1. The summed E-state index contributed by atoms with van der Waals surface area (Å²) in [6.45, 7) is 16.4. The van der Waals surface area contributed by atoms with Gasteiger partial charge in [-0.15, -0.1) is 0 Å². The predicted octanol–water partition coefficient (Wildman–Crippen LogP) is 6.49. The highest BCUT2D eigenvalue weighted by atomic mass is 31.2. The number of carbonyl (C=O) groups is 1. The van der Waals surface area contributed by atoms with Gasteiger partial charge in [0.05, 0.1) is 24.7 Å². The standard InChI is InChI=1S/C38H52N9O4P/c1-8-27-24-30(42-36-39-26-32(47-17-11-16-40-47)35(43-36)41-29-12-9-10-13-34(29)52(6,7)49)33(50-5)25-31(27)45-18-14-28(15-19-45)44-20-22-46(23-21-44)37(48)51-38(2,3)4/h9-13,16-17,24-26,28H,8,14-15,18-23H2,1-7H3,(H2,39,41,42,43). The smallest absolute Gasteiger partial charge is 0.410 e. The van der Waals surface area contributed by atoms with E-state index in [1.807, 2.05) is 62.2 Å². The number of carbonyl (C=O) groups excluding carboxylic acids is 1. The number of piperazine rings is 1. The van der Waals surface area contributed by atoms with E-state index >= 15 is 0 Å². The fourth-order valence-corrected chi connectivity index (χ4v) is 8.09. The van der Waals surface area contributed by atoms with E-state index in [1.54, 1.807) is 37.5 Å². The van der Waals surface area contributed by atoms with E-state index in [2.05, 4.69) is 49.6 Å². The summed E-state index contributed by atoms with van der Waals surface area (Å²) in [4.78, 5) is 28.9. The second kappa shape index (κ2) is 15.6. The molecular weight excluding hydrogens is 677 g/mol. The van der Waals surface area contributed by atoms with Crippen molar-refractivity contribution in [3.63, 3.8) is 0 Å². The molecule has 2 aromatic carbocycles. The molecule has 0 spiro atoms. The third kappa shape index (κ3) is 8.70. The van der Waals surface area contributed by atoms with E-state index in [-0.39, 0.29) is 6.09 Å². The largest absolute Gasteiger partial charge is 0.494 e. The Morgan fingerprint density at radius 2 is 1.69 bits per heavy atom. The van der Waals surface area contributed by atoms with Crippen LogP contribution in [0.4, 0.5) is 33.6 Å². The SMILES string of the molecule is CCc1cc(Nc2ncc(-n3cccn3)c(Nc3ccccc3P(C)(C)=O)n2)c(OC)cc1N1CCC(N2CCN(C(=O)OC(C)(C)C)CC2)CC1. The molecule has 2 aliphatic heterocycles. The van der Waals surface area contributed by atoms with E-state index in [0.717, 1.165) is 62.1 Å². The first-order chi connectivity index (χ1) is 24.8. The van der Waals surface area contributed by atoms with Gasteiger partial charge in [0, 0.05) is 74.8 Å². The van der Waals surface area contributed by atoms with Crippen LogP contribution in [0.2, 0.25) is 0 Å². The fraction of sp³-hybridized carbons (Fsp3) is 0.474. The van der Waals surface area contributed by atoms with Crippen molar-refractivity contribution in [2.75, 3.05) is 75.2 Å². The van der Waals surface area contributed by atoms with E-state index < -0.39 is 12.7 Å². The topological polar surface area (TPSA) is 130 Å². The summed E-state index contributed by atoms with van der Waals surface area (Å²) >= 11 is 0. The number of aryl methyl sites for hydroxylation is 1. The van der Waals surface area contributed by atoms with Gasteiger partial charge in [-0.25, -0.2) is 14.5 Å². The van der Waals surface area contributed by atoms with Gasteiger partial charge in [-0.2, -0.15) is 10.1 Å². The summed E-state index contributed by atoms with van der Waals surface area (Å²) in [5, 5.41) is 12.0. The summed E-state index contributed by atoms with van der Waals surface area (Å²) in [5.41, 5.74) is 4.03. The highest BCUT2D eigenvalue weighted by molar-refractivity contribution is 7.70. The second-order valence-corrected chi connectivity index (χ2v) is 17.9. The van der Waals surface area contributed by atoms with Crippen molar-refractivity contribution in [3.8, 4) is 11.4 Å². The van der Waals surface area contributed by atoms with Crippen molar-refractivity contribution in [2.45, 2.75) is 58.6 Å². The molecule has 4 aromatic rings. The van der Waals surface area contributed by atoms with Crippen LogP contribution in [0.5, 0.6) is 5.75 Å². The molecule has 0 atom stereocenters. The number of nitrogens with zero attached hydrogens (tertiary/aromatic N) is 7.